The molecule has 1 aliphatic rings. The van der Waals surface area contributed by atoms with Gasteiger partial charge in [-0.2, -0.15) is 0 Å². The van der Waals surface area contributed by atoms with Gasteiger partial charge in [0.1, 0.15) is 0 Å². The van der Waals surface area contributed by atoms with Gasteiger partial charge in [-0.1, -0.05) is 41.9 Å². The van der Waals surface area contributed by atoms with Crippen LogP contribution >= 0.6 is 11.6 Å². The highest BCUT2D eigenvalue weighted by molar-refractivity contribution is 6.33. The van der Waals surface area contributed by atoms with Crippen LogP contribution in [-0.4, -0.2) is 7.05 Å². The second kappa shape index (κ2) is 5.99. The Morgan fingerprint density at radius 3 is 2.55 bits per heavy atom. The van der Waals surface area contributed by atoms with Crippen molar-refractivity contribution in [3.8, 4) is 11.1 Å². The number of hydrogen-bond donors (Lipinski definition) is 1. The summed E-state index contributed by atoms with van der Waals surface area (Å²) in [6, 6.07) is 13.2. The highest BCUT2D eigenvalue weighted by Gasteiger charge is 2.11. The molecule has 2 aromatic rings. The molecule has 2 aromatic carbocycles. The van der Waals surface area contributed by atoms with E-state index in [1.165, 1.54) is 47.9 Å². The van der Waals surface area contributed by atoms with Gasteiger partial charge in [0.25, 0.3) is 0 Å². The number of aryl methyl sites for hydroxylation is 2. The first-order valence-corrected chi connectivity index (χ1v) is 7.71. The molecule has 0 radical (unpaired) electrons. The molecule has 0 amide bonds. The van der Waals surface area contributed by atoms with E-state index in [2.05, 4.69) is 41.7 Å². The lowest BCUT2D eigenvalue weighted by atomic mass is 9.89. The summed E-state index contributed by atoms with van der Waals surface area (Å²) in [4.78, 5) is 0. The number of rotatable bonds is 3. The van der Waals surface area contributed by atoms with Crippen molar-refractivity contribution in [1.82, 2.24) is 5.32 Å². The van der Waals surface area contributed by atoms with E-state index in [-0.39, 0.29) is 0 Å². The van der Waals surface area contributed by atoms with E-state index in [4.69, 9.17) is 11.6 Å². The molecule has 104 valence electrons. The summed E-state index contributed by atoms with van der Waals surface area (Å²) in [7, 11) is 1.95. The normalized spacial score (nSPS) is 14.1. The van der Waals surface area contributed by atoms with Gasteiger partial charge < -0.3 is 5.32 Å². The minimum absolute atomic E-state index is 0.841. The standard InChI is InChI=1S/C18H20ClN/c1-20-12-13-6-9-17(18(19)10-13)16-8-7-14-4-2-3-5-15(14)11-16/h6-11,20H,2-5,12H2,1H3. The van der Waals surface area contributed by atoms with Gasteiger partial charge in [0.2, 0.25) is 0 Å². The van der Waals surface area contributed by atoms with Crippen molar-refractivity contribution in [2.75, 3.05) is 7.05 Å². The fourth-order valence-electron chi connectivity index (χ4n) is 3.01. The summed E-state index contributed by atoms with van der Waals surface area (Å²) >= 11 is 6.46. The zero-order valence-electron chi connectivity index (χ0n) is 11.9. The molecular formula is C18H20ClN. The monoisotopic (exact) mass is 285 g/mol. The van der Waals surface area contributed by atoms with Gasteiger partial charge >= 0.3 is 0 Å². The lowest BCUT2D eigenvalue weighted by molar-refractivity contribution is 0.686. The first-order valence-electron chi connectivity index (χ1n) is 7.33. The summed E-state index contributed by atoms with van der Waals surface area (Å²) in [5.74, 6) is 0. The Labute approximate surface area is 126 Å². The molecule has 1 N–H and O–H groups in total. The van der Waals surface area contributed by atoms with Crippen LogP contribution in [0, 0.1) is 0 Å². The van der Waals surface area contributed by atoms with Crippen molar-refractivity contribution >= 4 is 11.6 Å². The second-order valence-corrected chi connectivity index (χ2v) is 5.94. The number of hydrogen-bond acceptors (Lipinski definition) is 1. The van der Waals surface area contributed by atoms with Crippen molar-refractivity contribution < 1.29 is 0 Å². The molecule has 20 heavy (non-hydrogen) atoms. The molecule has 3 rings (SSSR count). The third kappa shape index (κ3) is 2.74. The third-order valence-electron chi connectivity index (χ3n) is 4.07. The van der Waals surface area contributed by atoms with E-state index in [1.807, 2.05) is 7.05 Å². The van der Waals surface area contributed by atoms with Crippen LogP contribution in [0.3, 0.4) is 0 Å². The Hall–Kier alpha value is -1.31. The molecular weight excluding hydrogens is 266 g/mol. The smallest absolute Gasteiger partial charge is 0.0487 e. The number of fused-ring (bicyclic) bond motifs is 1. The van der Waals surface area contributed by atoms with Crippen molar-refractivity contribution in [2.45, 2.75) is 32.2 Å². The minimum Gasteiger partial charge on any atom is -0.316 e. The maximum Gasteiger partial charge on any atom is 0.0487 e. The maximum absolute atomic E-state index is 6.46. The minimum atomic E-state index is 0.841. The molecule has 0 saturated carbocycles. The SMILES string of the molecule is CNCc1ccc(-c2ccc3c(c2)CCCC3)c(Cl)c1. The molecule has 0 heterocycles. The summed E-state index contributed by atoms with van der Waals surface area (Å²) in [6.07, 6.45) is 5.07. The van der Waals surface area contributed by atoms with E-state index in [0.717, 1.165) is 17.1 Å². The molecule has 0 spiro atoms. The van der Waals surface area contributed by atoms with Crippen molar-refractivity contribution in [3.05, 3.63) is 58.1 Å². The molecule has 0 fully saturated rings. The van der Waals surface area contributed by atoms with Crippen molar-refractivity contribution in [2.24, 2.45) is 0 Å². The zero-order chi connectivity index (χ0) is 13.9. The first kappa shape index (κ1) is 13.7. The highest BCUT2D eigenvalue weighted by Crippen LogP contribution is 2.32. The molecule has 0 atom stereocenters. The molecule has 2 heteroatoms. The van der Waals surface area contributed by atoms with Gasteiger partial charge in [-0.05, 0) is 61.1 Å². The molecule has 0 aromatic heterocycles. The lowest BCUT2D eigenvalue weighted by Crippen LogP contribution is -2.05. The van der Waals surface area contributed by atoms with E-state index in [9.17, 15) is 0 Å². The van der Waals surface area contributed by atoms with Gasteiger partial charge in [-0.3, -0.25) is 0 Å². The van der Waals surface area contributed by atoms with Gasteiger partial charge in [-0.15, -0.1) is 0 Å². The lowest BCUT2D eigenvalue weighted by Gasteiger charge is -2.17. The Bertz CT molecular complexity index is 619. The van der Waals surface area contributed by atoms with Gasteiger partial charge in [0.05, 0.1) is 0 Å². The van der Waals surface area contributed by atoms with Crippen LogP contribution in [0.25, 0.3) is 11.1 Å². The first-order chi connectivity index (χ1) is 9.78. The number of nitrogens with one attached hydrogen (secondary N) is 1. The van der Waals surface area contributed by atoms with E-state index in [0.29, 0.717) is 0 Å². The van der Waals surface area contributed by atoms with E-state index in [1.54, 1.807) is 0 Å². The van der Waals surface area contributed by atoms with Crippen LogP contribution < -0.4 is 5.32 Å². The topological polar surface area (TPSA) is 12.0 Å². The Morgan fingerprint density at radius 2 is 1.80 bits per heavy atom. The molecule has 0 saturated heterocycles. The van der Waals surface area contributed by atoms with Crippen LogP contribution in [0.2, 0.25) is 5.02 Å². The predicted octanol–water partition coefficient (Wildman–Crippen LogP) is 4.61. The maximum atomic E-state index is 6.46. The van der Waals surface area contributed by atoms with Crippen molar-refractivity contribution in [1.29, 1.82) is 0 Å². The number of halogens is 1. The fourth-order valence-corrected chi connectivity index (χ4v) is 3.32. The Balaban J connectivity index is 1.96. The summed E-state index contributed by atoms with van der Waals surface area (Å²) in [5, 5.41) is 3.99. The van der Waals surface area contributed by atoms with Crippen LogP contribution in [0.1, 0.15) is 29.5 Å². The largest absolute Gasteiger partial charge is 0.316 e. The average molecular weight is 286 g/mol. The molecule has 0 bridgehead atoms. The van der Waals surface area contributed by atoms with Gasteiger partial charge in [-0.25, -0.2) is 0 Å². The Kier molecular flexibility index (Phi) is 4.09. The third-order valence-corrected chi connectivity index (χ3v) is 4.39. The predicted molar refractivity (Wildman–Crippen MR) is 86.3 cm³/mol. The second-order valence-electron chi connectivity index (χ2n) is 5.54. The summed E-state index contributed by atoms with van der Waals surface area (Å²) in [5.41, 5.74) is 6.62. The molecule has 1 nitrogen and oxygen atoms in total. The van der Waals surface area contributed by atoms with Crippen LogP contribution in [-0.2, 0) is 19.4 Å². The van der Waals surface area contributed by atoms with E-state index >= 15 is 0 Å². The van der Waals surface area contributed by atoms with Crippen LogP contribution in [0.5, 0.6) is 0 Å². The highest BCUT2D eigenvalue weighted by atomic mass is 35.5. The van der Waals surface area contributed by atoms with Crippen molar-refractivity contribution in [3.63, 3.8) is 0 Å². The van der Waals surface area contributed by atoms with Crippen LogP contribution in [0.15, 0.2) is 36.4 Å². The fraction of sp³-hybridized carbons (Fsp3) is 0.333. The zero-order valence-corrected chi connectivity index (χ0v) is 12.6. The van der Waals surface area contributed by atoms with Gasteiger partial charge in [0, 0.05) is 17.1 Å². The molecule has 0 unspecified atom stereocenters. The quantitative estimate of drug-likeness (QED) is 0.869. The number of benzene rings is 2. The molecule has 0 aliphatic heterocycles. The van der Waals surface area contributed by atoms with Crippen LogP contribution in [0.4, 0.5) is 0 Å². The Morgan fingerprint density at radius 1 is 1.00 bits per heavy atom. The van der Waals surface area contributed by atoms with Gasteiger partial charge in [0.15, 0.2) is 0 Å². The average Bonchev–Trinajstić information content (AvgIpc) is 2.47. The summed E-state index contributed by atoms with van der Waals surface area (Å²) in [6.45, 7) is 0.851. The van der Waals surface area contributed by atoms with E-state index < -0.39 is 0 Å². The molecule has 1 aliphatic carbocycles. The summed E-state index contributed by atoms with van der Waals surface area (Å²) < 4.78 is 0.